The normalized spacial score (nSPS) is 10.7. The molecule has 3 nitrogen and oxygen atoms in total. The van der Waals surface area contributed by atoms with E-state index in [1.807, 2.05) is 33.2 Å². The molecule has 2 N–H and O–H groups in total. The van der Waals surface area contributed by atoms with Crippen LogP contribution >= 0.6 is 34.0 Å². The summed E-state index contributed by atoms with van der Waals surface area (Å²) in [6.07, 6.45) is 0. The zero-order chi connectivity index (χ0) is 14.7. The molecule has 1 amide bonds. The molecule has 0 unspecified atom stereocenters. The first-order chi connectivity index (χ1) is 10.2. The fourth-order valence-electron chi connectivity index (χ4n) is 2.02. The Hall–Kier alpha value is -1.63. The predicted octanol–water partition coefficient (Wildman–Crippen LogP) is 4.30. The van der Waals surface area contributed by atoms with Crippen LogP contribution < -0.4 is 5.73 Å². The summed E-state index contributed by atoms with van der Waals surface area (Å²) >= 11 is 4.73. The molecule has 0 aliphatic heterocycles. The minimum Gasteiger partial charge on any atom is -0.397 e. The number of nitrogens with two attached hydrogens (primary N) is 1. The molecule has 3 rings (SSSR count). The summed E-state index contributed by atoms with van der Waals surface area (Å²) in [5.41, 5.74) is 6.46. The summed E-state index contributed by atoms with van der Waals surface area (Å²) in [4.78, 5) is 17.6. The number of carbonyl (C=O) groups excluding carboxylic acids is 1. The predicted molar refractivity (Wildman–Crippen MR) is 90.9 cm³/mol. The monoisotopic (exact) mass is 334 g/mol. The topological polar surface area (TPSA) is 46.3 Å². The van der Waals surface area contributed by atoms with Gasteiger partial charge in [0.05, 0.1) is 18.8 Å². The number of rotatable bonds is 5. The SMILES string of the molecule is Nc1ccsc1C(=O)N(Cc1cccs1)Cc1cccs1. The van der Waals surface area contributed by atoms with Gasteiger partial charge in [-0.05, 0) is 34.3 Å². The molecular formula is C15H14N2OS3. The van der Waals surface area contributed by atoms with E-state index >= 15 is 0 Å². The molecule has 108 valence electrons. The lowest BCUT2D eigenvalue weighted by Gasteiger charge is -2.21. The summed E-state index contributed by atoms with van der Waals surface area (Å²) < 4.78 is 0. The average molecular weight is 334 g/mol. The van der Waals surface area contributed by atoms with Gasteiger partial charge in [-0.15, -0.1) is 34.0 Å². The van der Waals surface area contributed by atoms with Crippen LogP contribution in [0.25, 0.3) is 0 Å². The fourth-order valence-corrected chi connectivity index (χ4v) is 4.24. The highest BCUT2D eigenvalue weighted by molar-refractivity contribution is 7.12. The number of nitrogen functional groups attached to an aromatic ring is 1. The first-order valence-corrected chi connectivity index (χ1v) is 9.05. The third-order valence-corrected chi connectivity index (χ3v) is 5.67. The van der Waals surface area contributed by atoms with E-state index in [1.165, 1.54) is 21.1 Å². The molecule has 0 aliphatic rings. The van der Waals surface area contributed by atoms with Crippen molar-refractivity contribution in [3.63, 3.8) is 0 Å². The smallest absolute Gasteiger partial charge is 0.266 e. The molecular weight excluding hydrogens is 320 g/mol. The van der Waals surface area contributed by atoms with Crippen molar-refractivity contribution < 1.29 is 4.79 Å². The van der Waals surface area contributed by atoms with E-state index in [0.717, 1.165) is 0 Å². The molecule has 0 saturated heterocycles. The van der Waals surface area contributed by atoms with Crippen molar-refractivity contribution in [3.05, 3.63) is 61.1 Å². The quantitative estimate of drug-likeness (QED) is 0.756. The molecule has 6 heteroatoms. The number of carbonyl (C=O) groups is 1. The van der Waals surface area contributed by atoms with Gasteiger partial charge >= 0.3 is 0 Å². The zero-order valence-corrected chi connectivity index (χ0v) is 13.6. The maximum Gasteiger partial charge on any atom is 0.266 e. The van der Waals surface area contributed by atoms with Crippen molar-refractivity contribution in [2.24, 2.45) is 0 Å². The fraction of sp³-hybridized carbons (Fsp3) is 0.133. The standard InChI is InChI=1S/C15H14N2OS3/c16-13-5-8-21-14(13)15(18)17(9-11-3-1-6-19-11)10-12-4-2-7-20-12/h1-8H,9-10,16H2. The molecule has 0 bridgehead atoms. The Bertz CT molecular complexity index is 665. The van der Waals surface area contributed by atoms with E-state index in [4.69, 9.17) is 5.73 Å². The molecule has 3 aromatic heterocycles. The van der Waals surface area contributed by atoms with Gasteiger partial charge in [-0.25, -0.2) is 0 Å². The second-order valence-electron chi connectivity index (χ2n) is 4.53. The third kappa shape index (κ3) is 3.34. The molecule has 0 radical (unpaired) electrons. The Morgan fingerprint density at radius 1 is 0.952 bits per heavy atom. The van der Waals surface area contributed by atoms with Gasteiger partial charge in [0.15, 0.2) is 0 Å². The van der Waals surface area contributed by atoms with Crippen LogP contribution in [0.15, 0.2) is 46.5 Å². The van der Waals surface area contributed by atoms with Crippen LogP contribution in [-0.4, -0.2) is 10.8 Å². The first-order valence-electron chi connectivity index (χ1n) is 6.41. The first kappa shape index (κ1) is 14.3. The van der Waals surface area contributed by atoms with Crippen molar-refractivity contribution in [2.75, 3.05) is 5.73 Å². The lowest BCUT2D eigenvalue weighted by atomic mass is 10.3. The van der Waals surface area contributed by atoms with E-state index in [0.29, 0.717) is 23.7 Å². The number of amides is 1. The van der Waals surface area contributed by atoms with E-state index in [9.17, 15) is 4.79 Å². The maximum atomic E-state index is 12.7. The van der Waals surface area contributed by atoms with Crippen LogP contribution in [-0.2, 0) is 13.1 Å². The Balaban J connectivity index is 1.84. The maximum absolute atomic E-state index is 12.7. The van der Waals surface area contributed by atoms with Crippen LogP contribution in [0.5, 0.6) is 0 Å². The van der Waals surface area contributed by atoms with Crippen molar-refractivity contribution in [1.82, 2.24) is 4.90 Å². The highest BCUT2D eigenvalue weighted by Gasteiger charge is 2.20. The van der Waals surface area contributed by atoms with Gasteiger partial charge in [0.2, 0.25) is 0 Å². The second-order valence-corrected chi connectivity index (χ2v) is 7.51. The van der Waals surface area contributed by atoms with Crippen molar-refractivity contribution in [3.8, 4) is 0 Å². The minimum atomic E-state index is 0.00398. The van der Waals surface area contributed by atoms with Gasteiger partial charge in [0, 0.05) is 9.75 Å². The summed E-state index contributed by atoms with van der Waals surface area (Å²) in [6, 6.07) is 9.90. The van der Waals surface area contributed by atoms with Crippen LogP contribution in [0.2, 0.25) is 0 Å². The van der Waals surface area contributed by atoms with E-state index in [2.05, 4.69) is 12.1 Å². The molecule has 0 atom stereocenters. The van der Waals surface area contributed by atoms with E-state index in [-0.39, 0.29) is 5.91 Å². The summed E-state index contributed by atoms with van der Waals surface area (Å²) in [5.74, 6) is 0.00398. The highest BCUT2D eigenvalue weighted by atomic mass is 32.1. The lowest BCUT2D eigenvalue weighted by Crippen LogP contribution is -2.29. The van der Waals surface area contributed by atoms with Gasteiger partial charge in [-0.2, -0.15) is 0 Å². The highest BCUT2D eigenvalue weighted by Crippen LogP contribution is 2.24. The van der Waals surface area contributed by atoms with Crippen molar-refractivity contribution in [1.29, 1.82) is 0 Å². The molecule has 21 heavy (non-hydrogen) atoms. The Labute approximate surface area is 135 Å². The van der Waals surface area contributed by atoms with Crippen molar-refractivity contribution >= 4 is 45.6 Å². The molecule has 0 saturated carbocycles. The van der Waals surface area contributed by atoms with E-state index < -0.39 is 0 Å². The van der Waals surface area contributed by atoms with Crippen LogP contribution in [0, 0.1) is 0 Å². The number of hydrogen-bond acceptors (Lipinski definition) is 5. The van der Waals surface area contributed by atoms with Crippen LogP contribution in [0.3, 0.4) is 0 Å². The number of nitrogens with zero attached hydrogens (tertiary/aromatic N) is 1. The van der Waals surface area contributed by atoms with Crippen molar-refractivity contribution in [2.45, 2.75) is 13.1 Å². The molecule has 3 aromatic rings. The Kier molecular flexibility index (Phi) is 4.38. The molecule has 0 aromatic carbocycles. The van der Waals surface area contributed by atoms with Gasteiger partial charge in [0.1, 0.15) is 4.88 Å². The molecule has 0 aliphatic carbocycles. The van der Waals surface area contributed by atoms with Crippen LogP contribution in [0.1, 0.15) is 19.4 Å². The zero-order valence-electron chi connectivity index (χ0n) is 11.2. The minimum absolute atomic E-state index is 0.00398. The summed E-state index contributed by atoms with van der Waals surface area (Å²) in [6.45, 7) is 1.23. The van der Waals surface area contributed by atoms with E-state index in [1.54, 1.807) is 28.7 Å². The number of thiophene rings is 3. The second kappa shape index (κ2) is 6.43. The third-order valence-electron chi connectivity index (χ3n) is 3.03. The number of anilines is 1. The molecule has 3 heterocycles. The summed E-state index contributed by atoms with van der Waals surface area (Å²) in [7, 11) is 0. The van der Waals surface area contributed by atoms with Gasteiger partial charge in [0.25, 0.3) is 5.91 Å². The average Bonchev–Trinajstić information content (AvgIpc) is 3.19. The molecule has 0 fully saturated rings. The molecule has 0 spiro atoms. The van der Waals surface area contributed by atoms with Gasteiger partial charge < -0.3 is 10.6 Å². The Morgan fingerprint density at radius 3 is 2.00 bits per heavy atom. The Morgan fingerprint density at radius 2 is 1.57 bits per heavy atom. The number of hydrogen-bond donors (Lipinski definition) is 1. The largest absolute Gasteiger partial charge is 0.397 e. The van der Waals surface area contributed by atoms with Crippen LogP contribution in [0.4, 0.5) is 5.69 Å². The van der Waals surface area contributed by atoms with Gasteiger partial charge in [-0.3, -0.25) is 4.79 Å². The summed E-state index contributed by atoms with van der Waals surface area (Å²) in [5, 5.41) is 5.92. The van der Waals surface area contributed by atoms with Gasteiger partial charge in [-0.1, -0.05) is 12.1 Å². The lowest BCUT2D eigenvalue weighted by molar-refractivity contribution is 0.0739.